The third-order valence-electron chi connectivity index (χ3n) is 4.82. The number of para-hydroxylation sites is 1. The van der Waals surface area contributed by atoms with Crippen LogP contribution in [0.3, 0.4) is 0 Å². The standard InChI is InChI=1S/C16H24NO/c1-2-5-16(6-3-1)18-14-4-10-17-11-7-15(8-12-17)9-13-17/h1-3,5-6,15H,4,7-14H2/q+1. The summed E-state index contributed by atoms with van der Waals surface area (Å²) in [5.41, 5.74) is 0. The Morgan fingerprint density at radius 1 is 1.00 bits per heavy atom. The average molecular weight is 246 g/mol. The zero-order valence-corrected chi connectivity index (χ0v) is 11.2. The monoisotopic (exact) mass is 246 g/mol. The van der Waals surface area contributed by atoms with E-state index in [1.54, 1.807) is 0 Å². The lowest BCUT2D eigenvalue weighted by Crippen LogP contribution is -2.58. The third-order valence-corrected chi connectivity index (χ3v) is 4.82. The molecule has 0 amide bonds. The van der Waals surface area contributed by atoms with Crippen LogP contribution >= 0.6 is 0 Å². The van der Waals surface area contributed by atoms with Crippen molar-refractivity contribution in [2.75, 3.05) is 32.8 Å². The van der Waals surface area contributed by atoms with Crippen molar-refractivity contribution < 1.29 is 9.22 Å². The van der Waals surface area contributed by atoms with Crippen molar-refractivity contribution in [1.82, 2.24) is 0 Å². The Morgan fingerprint density at radius 3 is 2.33 bits per heavy atom. The van der Waals surface area contributed by atoms with Crippen LogP contribution < -0.4 is 4.74 Å². The van der Waals surface area contributed by atoms with E-state index < -0.39 is 0 Å². The molecule has 4 rings (SSSR count). The molecule has 0 N–H and O–H groups in total. The minimum Gasteiger partial charge on any atom is -0.493 e. The van der Waals surface area contributed by atoms with Crippen molar-refractivity contribution in [3.8, 4) is 5.75 Å². The maximum atomic E-state index is 5.79. The first-order chi connectivity index (χ1) is 8.86. The number of rotatable bonds is 5. The SMILES string of the molecule is c1ccc(OCCC[N+]23CCC(CC2)CC3)cc1. The Hall–Kier alpha value is -1.02. The summed E-state index contributed by atoms with van der Waals surface area (Å²) in [4.78, 5) is 0. The first-order valence-electron chi connectivity index (χ1n) is 7.39. The van der Waals surface area contributed by atoms with Crippen molar-refractivity contribution in [1.29, 1.82) is 0 Å². The van der Waals surface area contributed by atoms with Gasteiger partial charge >= 0.3 is 0 Å². The Labute approximate surface area is 110 Å². The Morgan fingerprint density at radius 2 is 1.67 bits per heavy atom. The molecule has 3 fully saturated rings. The molecule has 98 valence electrons. The predicted octanol–water partition coefficient (Wildman–Crippen LogP) is 3.09. The molecular weight excluding hydrogens is 222 g/mol. The van der Waals surface area contributed by atoms with E-state index in [0.717, 1.165) is 18.3 Å². The second kappa shape index (κ2) is 5.31. The van der Waals surface area contributed by atoms with E-state index in [1.807, 2.05) is 30.3 Å². The number of quaternary nitrogens is 1. The van der Waals surface area contributed by atoms with E-state index >= 15 is 0 Å². The second-order valence-electron chi connectivity index (χ2n) is 5.98. The zero-order valence-electron chi connectivity index (χ0n) is 11.2. The minimum absolute atomic E-state index is 0.868. The highest BCUT2D eigenvalue weighted by Crippen LogP contribution is 2.33. The molecule has 3 saturated heterocycles. The van der Waals surface area contributed by atoms with E-state index in [9.17, 15) is 0 Å². The number of benzene rings is 1. The van der Waals surface area contributed by atoms with Crippen LogP contribution in [-0.2, 0) is 0 Å². The van der Waals surface area contributed by atoms with Gasteiger partial charge in [-0.3, -0.25) is 0 Å². The van der Waals surface area contributed by atoms with Gasteiger partial charge in [0, 0.05) is 6.42 Å². The highest BCUT2D eigenvalue weighted by Gasteiger charge is 2.38. The molecule has 0 aliphatic carbocycles. The average Bonchev–Trinajstić information content (AvgIpc) is 2.47. The van der Waals surface area contributed by atoms with Gasteiger partial charge in [-0.1, -0.05) is 18.2 Å². The van der Waals surface area contributed by atoms with Gasteiger partial charge in [0.05, 0.1) is 32.8 Å². The van der Waals surface area contributed by atoms with Crippen LogP contribution in [0.25, 0.3) is 0 Å². The van der Waals surface area contributed by atoms with Crippen LogP contribution in [0, 0.1) is 5.92 Å². The van der Waals surface area contributed by atoms with E-state index in [4.69, 9.17) is 4.74 Å². The van der Waals surface area contributed by atoms with Crippen LogP contribution in [0.4, 0.5) is 0 Å². The van der Waals surface area contributed by atoms with Gasteiger partial charge in [-0.25, -0.2) is 0 Å². The van der Waals surface area contributed by atoms with Crippen LogP contribution in [-0.4, -0.2) is 37.3 Å². The quantitative estimate of drug-likeness (QED) is 0.573. The number of ether oxygens (including phenoxy) is 1. The molecule has 2 nitrogen and oxygen atoms in total. The molecule has 2 heteroatoms. The lowest BCUT2D eigenvalue weighted by molar-refractivity contribution is -0.942. The molecule has 0 spiro atoms. The molecule has 0 saturated carbocycles. The summed E-state index contributed by atoms with van der Waals surface area (Å²) < 4.78 is 7.17. The predicted molar refractivity (Wildman–Crippen MR) is 73.6 cm³/mol. The van der Waals surface area contributed by atoms with Gasteiger partial charge in [-0.15, -0.1) is 0 Å². The van der Waals surface area contributed by atoms with Gasteiger partial charge in [0.15, 0.2) is 0 Å². The smallest absolute Gasteiger partial charge is 0.119 e. The van der Waals surface area contributed by atoms with Gasteiger partial charge in [0.1, 0.15) is 5.75 Å². The fourth-order valence-corrected chi connectivity index (χ4v) is 3.58. The normalized spacial score (nSPS) is 30.3. The topological polar surface area (TPSA) is 9.23 Å². The summed E-state index contributed by atoms with van der Waals surface area (Å²) in [6.45, 7) is 6.47. The van der Waals surface area contributed by atoms with Crippen LogP contribution in [0.5, 0.6) is 5.75 Å². The van der Waals surface area contributed by atoms with E-state index in [2.05, 4.69) is 0 Å². The van der Waals surface area contributed by atoms with E-state index in [1.165, 1.54) is 56.3 Å². The number of nitrogens with zero attached hydrogens (tertiary/aromatic N) is 1. The zero-order chi connectivity index (χ0) is 12.3. The molecule has 3 heterocycles. The van der Waals surface area contributed by atoms with Crippen molar-refractivity contribution in [3.05, 3.63) is 30.3 Å². The van der Waals surface area contributed by atoms with Crippen molar-refractivity contribution in [2.45, 2.75) is 25.7 Å². The first-order valence-corrected chi connectivity index (χ1v) is 7.39. The highest BCUT2D eigenvalue weighted by molar-refractivity contribution is 5.20. The molecule has 18 heavy (non-hydrogen) atoms. The van der Waals surface area contributed by atoms with Gasteiger partial charge in [-0.05, 0) is 37.3 Å². The Kier molecular flexibility index (Phi) is 3.55. The molecule has 3 aliphatic rings. The van der Waals surface area contributed by atoms with Crippen molar-refractivity contribution in [2.24, 2.45) is 5.92 Å². The molecule has 3 aliphatic heterocycles. The number of fused-ring (bicyclic) bond motifs is 3. The number of piperidine rings is 3. The first kappa shape index (κ1) is 12.0. The fourth-order valence-electron chi connectivity index (χ4n) is 3.58. The summed E-state index contributed by atoms with van der Waals surface area (Å²) in [6, 6.07) is 10.2. The lowest BCUT2D eigenvalue weighted by atomic mass is 9.85. The molecule has 1 aromatic rings. The van der Waals surface area contributed by atoms with E-state index in [0.29, 0.717) is 0 Å². The van der Waals surface area contributed by atoms with Crippen LogP contribution in [0.15, 0.2) is 30.3 Å². The molecule has 1 aromatic carbocycles. The summed E-state index contributed by atoms with van der Waals surface area (Å²) >= 11 is 0. The molecule has 0 aromatic heterocycles. The summed E-state index contributed by atoms with van der Waals surface area (Å²) in [6.07, 6.45) is 5.61. The molecule has 0 atom stereocenters. The molecule has 2 bridgehead atoms. The van der Waals surface area contributed by atoms with Crippen molar-refractivity contribution in [3.63, 3.8) is 0 Å². The summed E-state index contributed by atoms with van der Waals surface area (Å²) in [5.74, 6) is 2.07. The maximum absolute atomic E-state index is 5.79. The highest BCUT2D eigenvalue weighted by atomic mass is 16.5. The van der Waals surface area contributed by atoms with Crippen LogP contribution in [0.1, 0.15) is 25.7 Å². The molecule has 0 unspecified atom stereocenters. The second-order valence-corrected chi connectivity index (χ2v) is 5.98. The van der Waals surface area contributed by atoms with Crippen molar-refractivity contribution >= 4 is 0 Å². The molecule has 0 radical (unpaired) electrons. The van der Waals surface area contributed by atoms with Crippen LogP contribution in [0.2, 0.25) is 0 Å². The van der Waals surface area contributed by atoms with Gasteiger partial charge in [0.2, 0.25) is 0 Å². The number of hydrogen-bond donors (Lipinski definition) is 0. The van der Waals surface area contributed by atoms with Gasteiger partial charge < -0.3 is 9.22 Å². The van der Waals surface area contributed by atoms with E-state index in [-0.39, 0.29) is 0 Å². The largest absolute Gasteiger partial charge is 0.493 e. The minimum atomic E-state index is 0.868. The third kappa shape index (κ3) is 2.69. The number of hydrogen-bond acceptors (Lipinski definition) is 1. The summed E-state index contributed by atoms with van der Waals surface area (Å²) in [5, 5.41) is 0. The lowest BCUT2D eigenvalue weighted by Gasteiger charge is -2.49. The Bertz CT molecular complexity index is 354. The Balaban J connectivity index is 1.42. The maximum Gasteiger partial charge on any atom is 0.119 e. The van der Waals surface area contributed by atoms with Gasteiger partial charge in [-0.2, -0.15) is 0 Å². The fraction of sp³-hybridized carbons (Fsp3) is 0.625. The van der Waals surface area contributed by atoms with Gasteiger partial charge in [0.25, 0.3) is 0 Å². The summed E-state index contributed by atoms with van der Waals surface area (Å²) in [7, 11) is 0. The molecular formula is C16H24NO+.